The van der Waals surface area contributed by atoms with Gasteiger partial charge in [-0.2, -0.15) is 0 Å². The number of fused-ring (bicyclic) bond motifs is 6. The minimum absolute atomic E-state index is 0.0389. The summed E-state index contributed by atoms with van der Waals surface area (Å²) >= 11 is 0. The molecule has 11 aromatic carbocycles. The minimum Gasteiger partial charge on any atom is -0.450 e. The second kappa shape index (κ2) is 41.1. The van der Waals surface area contributed by atoms with Gasteiger partial charge in [0.2, 0.25) is 0 Å². The SMILES string of the molecule is CCCCCCCCO[C@H]1O[C@H](CO[C@H]2O[C@H](CO[Si](c3ccccc3)(c3ccccc3)C(C)(C)C)[C@@H](OCc3ccccc3)[C@@H]2OC(=O)OCC2c3ccccc3-c3ccccc32)[C@@H](O[C@H]2O[C@H](CO[Si](c3ccccc3)(c3ccccc3)C(C)(C)C)[C@@H](OCc3ccccc3)[C@@H]2OC(=O)OCC2c3ccccc3-c3ccccc32)[C@@H]1OC(=O)c1ccccc1. The van der Waals surface area contributed by atoms with Crippen LogP contribution in [0.25, 0.3) is 22.3 Å². The Morgan fingerprint density at radius 1 is 0.317 bits per heavy atom. The van der Waals surface area contributed by atoms with Crippen molar-refractivity contribution in [3.05, 3.63) is 348 Å². The fraction of sp³-hybridized carbons (Fsp3) is 0.349. The average molecular weight is 1730 g/mol. The van der Waals surface area contributed by atoms with E-state index in [1.165, 1.54) is 0 Å². The fourth-order valence-electron chi connectivity index (χ4n) is 18.9. The van der Waals surface area contributed by atoms with Crippen LogP contribution in [0.5, 0.6) is 0 Å². The highest BCUT2D eigenvalue weighted by Crippen LogP contribution is 2.48. The van der Waals surface area contributed by atoms with Crippen molar-refractivity contribution in [2.75, 3.05) is 39.6 Å². The number of carbonyl (C=O) groups is 3. The van der Waals surface area contributed by atoms with E-state index in [1.54, 1.807) is 24.3 Å². The normalized spacial score (nSPS) is 21.6. The van der Waals surface area contributed by atoms with Crippen molar-refractivity contribution in [2.24, 2.45) is 0 Å². The molecule has 2 aliphatic carbocycles. The molecule has 3 saturated heterocycles. The number of benzene rings is 11. The highest BCUT2D eigenvalue weighted by atomic mass is 28.4. The summed E-state index contributed by atoms with van der Waals surface area (Å²) in [4.78, 5) is 45.8. The first kappa shape index (κ1) is 88.9. The van der Waals surface area contributed by atoms with Gasteiger partial charge in [-0.25, -0.2) is 14.4 Å². The summed E-state index contributed by atoms with van der Waals surface area (Å²) in [5.74, 6) is -1.34. The largest absolute Gasteiger partial charge is 0.508 e. The predicted octanol–water partition coefficient (Wildman–Crippen LogP) is 19.2. The van der Waals surface area contributed by atoms with Gasteiger partial charge in [-0.15, -0.1) is 0 Å². The van der Waals surface area contributed by atoms with Crippen LogP contribution in [0.4, 0.5) is 9.59 Å². The van der Waals surface area contributed by atoms with E-state index in [-0.39, 0.29) is 63.6 Å². The van der Waals surface area contributed by atoms with Gasteiger partial charge in [0.05, 0.1) is 38.6 Å². The molecule has 3 aliphatic heterocycles. The zero-order valence-electron chi connectivity index (χ0n) is 72.8. The zero-order chi connectivity index (χ0) is 87.0. The van der Waals surface area contributed by atoms with Crippen LogP contribution in [0.1, 0.15) is 143 Å². The molecule has 0 N–H and O–H groups in total. The number of unbranched alkanes of at least 4 members (excludes halogenated alkanes) is 5. The molecule has 3 heterocycles. The van der Waals surface area contributed by atoms with Crippen LogP contribution in [0, 0.1) is 0 Å². The molecule has 0 radical (unpaired) electrons. The molecule has 0 saturated carbocycles. The van der Waals surface area contributed by atoms with Gasteiger partial charge in [0, 0.05) is 18.4 Å². The summed E-state index contributed by atoms with van der Waals surface area (Å²) < 4.78 is 107. The molecule has 0 amide bonds. The lowest BCUT2D eigenvalue weighted by atomic mass is 9.98. The van der Waals surface area contributed by atoms with Gasteiger partial charge in [-0.1, -0.05) is 378 Å². The van der Waals surface area contributed by atoms with Crippen LogP contribution < -0.4 is 20.7 Å². The van der Waals surface area contributed by atoms with Gasteiger partial charge >= 0.3 is 18.3 Å². The molecule has 5 aliphatic rings. The lowest BCUT2D eigenvalue weighted by Gasteiger charge is -2.43. The number of hydrogen-bond acceptors (Lipinski definition) is 18. The average Bonchev–Trinajstić information content (AvgIpc) is 1.25. The Bertz CT molecular complexity index is 5170. The Morgan fingerprint density at radius 2 is 0.643 bits per heavy atom. The third kappa shape index (κ3) is 19.8. The Labute approximate surface area is 742 Å². The second-order valence-corrected chi connectivity index (χ2v) is 43.8. The van der Waals surface area contributed by atoms with Gasteiger partial charge in [0.1, 0.15) is 49.8 Å². The van der Waals surface area contributed by atoms with Gasteiger partial charge < -0.3 is 70.4 Å². The maximum absolute atomic E-state index is 15.4. The van der Waals surface area contributed by atoms with Crippen LogP contribution in [0.3, 0.4) is 0 Å². The quantitative estimate of drug-likeness (QED) is 0.0154. The first-order valence-electron chi connectivity index (χ1n) is 44.4. The molecule has 0 spiro atoms. The topological polar surface area (TPSA) is 190 Å². The minimum atomic E-state index is -3.39. The highest BCUT2D eigenvalue weighted by Gasteiger charge is 2.60. The Hall–Kier alpha value is -10.5. The molecular formula is C106H114O18Si2. The number of ether oxygens (including phenoxy) is 13. The second-order valence-electron chi connectivity index (χ2n) is 35.1. The van der Waals surface area contributed by atoms with Crippen LogP contribution >= 0.6 is 0 Å². The summed E-state index contributed by atoms with van der Waals surface area (Å²) in [6.07, 6.45) is -11.8. The summed E-state index contributed by atoms with van der Waals surface area (Å²) in [5, 5.41) is 3.14. The number of hydrogen-bond donors (Lipinski definition) is 0. The third-order valence-electron chi connectivity index (χ3n) is 25.0. The Balaban J connectivity index is 0.790. The van der Waals surface area contributed by atoms with Crippen molar-refractivity contribution in [2.45, 2.75) is 196 Å². The molecule has 126 heavy (non-hydrogen) atoms. The van der Waals surface area contributed by atoms with Crippen molar-refractivity contribution in [3.63, 3.8) is 0 Å². The van der Waals surface area contributed by atoms with E-state index in [0.29, 0.717) is 6.42 Å². The summed E-state index contributed by atoms with van der Waals surface area (Å²) in [6, 6.07) is 102. The van der Waals surface area contributed by atoms with Crippen molar-refractivity contribution >= 4 is 55.7 Å². The van der Waals surface area contributed by atoms with Crippen LogP contribution in [-0.2, 0) is 83.6 Å². The number of carbonyl (C=O) groups excluding carboxylic acids is 3. The molecule has 654 valence electrons. The molecular weight excluding hydrogens is 1620 g/mol. The molecule has 0 unspecified atom stereocenters. The Morgan fingerprint density at radius 3 is 1.04 bits per heavy atom. The molecule has 16 rings (SSSR count). The molecule has 20 heteroatoms. The molecule has 0 aromatic heterocycles. The Kier molecular flexibility index (Phi) is 29.0. The van der Waals surface area contributed by atoms with Crippen molar-refractivity contribution in [1.29, 1.82) is 0 Å². The van der Waals surface area contributed by atoms with Crippen LogP contribution in [-0.4, -0.2) is 148 Å². The first-order valence-corrected chi connectivity index (χ1v) is 48.2. The fourth-order valence-corrected chi connectivity index (χ4v) is 28.1. The van der Waals surface area contributed by atoms with E-state index >= 15 is 14.4 Å². The van der Waals surface area contributed by atoms with Crippen LogP contribution in [0.15, 0.2) is 309 Å². The van der Waals surface area contributed by atoms with E-state index in [1.807, 2.05) is 188 Å². The summed E-state index contributed by atoms with van der Waals surface area (Å²) in [6.45, 7) is 15.0. The lowest BCUT2D eigenvalue weighted by Crippen LogP contribution is -2.67. The van der Waals surface area contributed by atoms with Crippen molar-refractivity contribution in [3.8, 4) is 22.3 Å². The van der Waals surface area contributed by atoms with Gasteiger partial charge in [-0.05, 0) is 105 Å². The zero-order valence-corrected chi connectivity index (χ0v) is 74.8. The highest BCUT2D eigenvalue weighted by molar-refractivity contribution is 7.00. The molecule has 3 fully saturated rings. The maximum Gasteiger partial charge on any atom is 0.508 e. The molecule has 18 nitrogen and oxygen atoms in total. The molecule has 0 bridgehead atoms. The van der Waals surface area contributed by atoms with E-state index in [9.17, 15) is 0 Å². The smallest absolute Gasteiger partial charge is 0.450 e. The van der Waals surface area contributed by atoms with Crippen molar-refractivity contribution < 1.29 is 84.8 Å². The third-order valence-corrected chi connectivity index (χ3v) is 35.0. The van der Waals surface area contributed by atoms with Crippen molar-refractivity contribution in [1.82, 2.24) is 0 Å². The lowest BCUT2D eigenvalue weighted by molar-refractivity contribution is -0.229. The number of rotatable bonds is 37. The predicted molar refractivity (Wildman–Crippen MR) is 489 cm³/mol. The standard InChI is InChI=1S/C106H114O18Si2/c1-8-9-10-11-12-42-65-110-100-98(121-99(107)75-47-24-15-25-48-75)95(122-102-97(124-104(109)115-69-89-86-63-40-36-59-82(86)83-60-37-41-64-87(83)89)94(112-67-74-45-22-14-23-46-74)92(120-102)72-117-126(106(5,6)7,78-53-30-18-31-54-78)79-55-32-19-33-56-79)90(118-100)70-113-101-96(123-103(108)114-68-88-84-61-38-34-57-80(84)81-58-35-39-62-85(81)88)93(111-66-73-43-20-13-21-44-73)91(119-101)71-116-125(105(2,3)4,76-49-26-16-27-50-76)77-51-28-17-29-52-77/h13-41,43-64,88-98,100-102H,8-12,42,65-72H2,1-7H3/t90-,91-,92-,93-,94-,95-,96+,97+,98+,100+,101+,102-/m1/s1. The summed E-state index contributed by atoms with van der Waals surface area (Å²) in [5.41, 5.74) is 10.2. The van der Waals surface area contributed by atoms with Gasteiger partial charge in [-0.3, -0.25) is 0 Å². The van der Waals surface area contributed by atoms with Crippen LogP contribution in [0.2, 0.25) is 10.1 Å². The van der Waals surface area contributed by atoms with E-state index in [0.717, 1.165) is 108 Å². The van der Waals surface area contributed by atoms with E-state index < -0.39 is 125 Å². The van der Waals surface area contributed by atoms with Gasteiger partial charge in [0.15, 0.2) is 37.2 Å². The molecule has 12 atom stereocenters. The maximum atomic E-state index is 15.4. The summed E-state index contributed by atoms with van der Waals surface area (Å²) in [7, 11) is -6.73. The first-order chi connectivity index (χ1) is 61.5. The monoisotopic (exact) mass is 1730 g/mol. The van der Waals surface area contributed by atoms with E-state index in [2.05, 4.69) is 146 Å². The molecule has 11 aromatic rings. The van der Waals surface area contributed by atoms with Gasteiger partial charge in [0.25, 0.3) is 16.6 Å². The number of esters is 1. The van der Waals surface area contributed by atoms with E-state index in [4.69, 9.17) is 70.4 Å².